The van der Waals surface area contributed by atoms with Crippen LogP contribution in [-0.4, -0.2) is 38.0 Å². The Hall–Kier alpha value is -3.29. The highest BCUT2D eigenvalue weighted by atomic mass is 16.5. The van der Waals surface area contributed by atoms with E-state index in [9.17, 15) is 4.79 Å². The minimum atomic E-state index is -0.656. The molecule has 0 atom stereocenters. The molecule has 0 saturated carbocycles. The van der Waals surface area contributed by atoms with E-state index in [-0.39, 0.29) is 5.69 Å². The molecule has 0 bridgehead atoms. The van der Waals surface area contributed by atoms with Crippen LogP contribution >= 0.6 is 0 Å². The van der Waals surface area contributed by atoms with Crippen LogP contribution in [0.3, 0.4) is 0 Å². The molecule has 2 heterocycles. The van der Waals surface area contributed by atoms with Gasteiger partial charge in [-0.2, -0.15) is 10.2 Å². The summed E-state index contributed by atoms with van der Waals surface area (Å²) >= 11 is 0. The topological polar surface area (TPSA) is 109 Å². The molecule has 2 N–H and O–H groups in total. The molecule has 1 aromatic carbocycles. The lowest BCUT2D eigenvalue weighted by molar-refractivity contribution is 0.0995. The summed E-state index contributed by atoms with van der Waals surface area (Å²) < 4.78 is 7.14. The van der Waals surface area contributed by atoms with E-state index in [4.69, 9.17) is 10.5 Å². The van der Waals surface area contributed by atoms with Gasteiger partial charge in [0.05, 0.1) is 18.9 Å². The molecule has 0 radical (unpaired) electrons. The zero-order valence-electron chi connectivity index (χ0n) is 12.6. The van der Waals surface area contributed by atoms with Gasteiger partial charge < -0.3 is 10.5 Å². The average molecular weight is 310 g/mol. The van der Waals surface area contributed by atoms with Crippen LogP contribution in [0.4, 0.5) is 0 Å². The van der Waals surface area contributed by atoms with Gasteiger partial charge in [0.15, 0.2) is 11.5 Å². The second-order valence-electron chi connectivity index (χ2n) is 4.79. The van der Waals surface area contributed by atoms with E-state index in [0.717, 1.165) is 0 Å². The number of benzene rings is 1. The number of ether oxygens (including phenoxy) is 1. The third kappa shape index (κ3) is 2.61. The Kier molecular flexibility index (Phi) is 3.71. The van der Waals surface area contributed by atoms with Gasteiger partial charge >= 0.3 is 0 Å². The van der Waals surface area contributed by atoms with E-state index in [1.807, 2.05) is 18.2 Å². The Morgan fingerprint density at radius 3 is 2.65 bits per heavy atom. The third-order valence-corrected chi connectivity index (χ3v) is 3.30. The molecule has 0 saturated heterocycles. The summed E-state index contributed by atoms with van der Waals surface area (Å²) in [6.45, 7) is 0. The predicted molar refractivity (Wildman–Crippen MR) is 82.5 cm³/mol. The van der Waals surface area contributed by atoms with Crippen molar-refractivity contribution in [3.63, 3.8) is 0 Å². The van der Waals surface area contributed by atoms with Crippen molar-refractivity contribution in [2.45, 2.75) is 0 Å². The number of hydrogen-bond donors (Lipinski definition) is 1. The number of carbonyl (C=O) groups is 1. The molecule has 23 heavy (non-hydrogen) atoms. The summed E-state index contributed by atoms with van der Waals surface area (Å²) in [7, 11) is 3.33. The normalized spacial score (nSPS) is 10.5. The van der Waals surface area contributed by atoms with Gasteiger partial charge in [0, 0.05) is 18.2 Å². The molecule has 0 aliphatic carbocycles. The summed E-state index contributed by atoms with van der Waals surface area (Å²) in [6, 6.07) is 7.15. The fourth-order valence-corrected chi connectivity index (χ4v) is 2.34. The van der Waals surface area contributed by atoms with Crippen molar-refractivity contribution in [3.05, 3.63) is 42.5 Å². The average Bonchev–Trinajstić information content (AvgIpc) is 3.00. The first-order valence-corrected chi connectivity index (χ1v) is 6.76. The van der Waals surface area contributed by atoms with Crippen LogP contribution in [0.1, 0.15) is 10.5 Å². The molecule has 8 heteroatoms. The molecule has 8 nitrogen and oxygen atoms in total. The number of amides is 1. The molecule has 0 unspecified atom stereocenters. The van der Waals surface area contributed by atoms with Crippen LogP contribution in [0.5, 0.6) is 5.75 Å². The number of hydrogen-bond acceptors (Lipinski definition) is 6. The first kappa shape index (κ1) is 14.6. The van der Waals surface area contributed by atoms with Crippen LogP contribution in [0.25, 0.3) is 22.5 Å². The minimum absolute atomic E-state index is 0.0805. The fourth-order valence-electron chi connectivity index (χ4n) is 2.34. The molecule has 2 aromatic heterocycles. The van der Waals surface area contributed by atoms with Crippen molar-refractivity contribution < 1.29 is 9.53 Å². The Bertz CT molecular complexity index is 874. The smallest absolute Gasteiger partial charge is 0.269 e. The monoisotopic (exact) mass is 310 g/mol. The molecule has 0 spiro atoms. The molecular formula is C15H14N6O2. The summed E-state index contributed by atoms with van der Waals surface area (Å²) in [6.07, 6.45) is 3.09. The van der Waals surface area contributed by atoms with Gasteiger partial charge in [0.1, 0.15) is 12.1 Å². The van der Waals surface area contributed by atoms with Crippen molar-refractivity contribution in [2.24, 2.45) is 12.8 Å². The first-order valence-electron chi connectivity index (χ1n) is 6.76. The number of aryl methyl sites for hydroxylation is 1. The van der Waals surface area contributed by atoms with Crippen molar-refractivity contribution in [2.75, 3.05) is 7.11 Å². The van der Waals surface area contributed by atoms with Crippen LogP contribution in [0, 0.1) is 0 Å². The van der Waals surface area contributed by atoms with E-state index < -0.39 is 5.91 Å². The van der Waals surface area contributed by atoms with Gasteiger partial charge in [-0.25, -0.2) is 4.98 Å². The number of para-hydroxylation sites is 1. The van der Waals surface area contributed by atoms with Gasteiger partial charge in [-0.1, -0.05) is 12.1 Å². The molecule has 116 valence electrons. The highest BCUT2D eigenvalue weighted by molar-refractivity contribution is 5.99. The lowest BCUT2D eigenvalue weighted by Gasteiger charge is -2.13. The van der Waals surface area contributed by atoms with E-state index in [1.54, 1.807) is 31.2 Å². The summed E-state index contributed by atoms with van der Waals surface area (Å²) in [5, 5.41) is 11.8. The van der Waals surface area contributed by atoms with Crippen LogP contribution in [-0.2, 0) is 7.05 Å². The molecule has 0 fully saturated rings. The summed E-state index contributed by atoms with van der Waals surface area (Å²) in [5.41, 5.74) is 7.38. The van der Waals surface area contributed by atoms with Crippen LogP contribution in [0.15, 0.2) is 36.8 Å². The van der Waals surface area contributed by atoms with Gasteiger partial charge in [0.2, 0.25) is 0 Å². The lowest BCUT2D eigenvalue weighted by atomic mass is 10.00. The highest BCUT2D eigenvalue weighted by Gasteiger charge is 2.19. The number of methoxy groups -OCH3 is 1. The zero-order chi connectivity index (χ0) is 16.4. The SMILES string of the molecule is COc1c(-c2ncn(C)n2)cccc1-c1ccnnc1C(N)=O. The van der Waals surface area contributed by atoms with Crippen molar-refractivity contribution in [3.8, 4) is 28.3 Å². The lowest BCUT2D eigenvalue weighted by Crippen LogP contribution is -2.15. The molecule has 1 amide bonds. The van der Waals surface area contributed by atoms with Crippen molar-refractivity contribution >= 4 is 5.91 Å². The number of rotatable bonds is 4. The second kappa shape index (κ2) is 5.84. The van der Waals surface area contributed by atoms with Crippen LogP contribution < -0.4 is 10.5 Å². The summed E-state index contributed by atoms with van der Waals surface area (Å²) in [5.74, 6) is 0.402. The van der Waals surface area contributed by atoms with Gasteiger partial charge in [-0.05, 0) is 12.1 Å². The van der Waals surface area contributed by atoms with Crippen LogP contribution in [0.2, 0.25) is 0 Å². The second-order valence-corrected chi connectivity index (χ2v) is 4.79. The Morgan fingerprint density at radius 2 is 2.00 bits per heavy atom. The maximum atomic E-state index is 11.6. The first-order chi connectivity index (χ1) is 11.1. The predicted octanol–water partition coefficient (Wildman–Crippen LogP) is 1.05. The standard InChI is InChI=1S/C15H14N6O2/c1-21-8-17-15(20-21)11-5-3-4-10(13(11)23-2)9-6-7-18-19-12(9)14(16)22/h3-8H,1-2H3,(H2,16,22). The third-order valence-electron chi connectivity index (χ3n) is 3.30. The Balaban J connectivity index is 2.24. The van der Waals surface area contributed by atoms with E-state index in [2.05, 4.69) is 20.3 Å². The number of nitrogens with zero attached hydrogens (tertiary/aromatic N) is 5. The van der Waals surface area contributed by atoms with E-state index in [0.29, 0.717) is 28.3 Å². The van der Waals surface area contributed by atoms with Crippen molar-refractivity contribution in [1.82, 2.24) is 25.0 Å². The van der Waals surface area contributed by atoms with E-state index in [1.165, 1.54) is 6.20 Å². The number of nitrogens with two attached hydrogens (primary N) is 1. The van der Waals surface area contributed by atoms with Crippen molar-refractivity contribution in [1.29, 1.82) is 0 Å². The Labute approximate surface area is 131 Å². The fraction of sp³-hybridized carbons (Fsp3) is 0.133. The van der Waals surface area contributed by atoms with Gasteiger partial charge in [0.25, 0.3) is 5.91 Å². The number of carbonyl (C=O) groups excluding carboxylic acids is 1. The summed E-state index contributed by atoms with van der Waals surface area (Å²) in [4.78, 5) is 15.8. The molecule has 0 aliphatic heterocycles. The largest absolute Gasteiger partial charge is 0.495 e. The molecule has 3 rings (SSSR count). The highest BCUT2D eigenvalue weighted by Crippen LogP contribution is 2.38. The van der Waals surface area contributed by atoms with E-state index >= 15 is 0 Å². The molecule has 3 aromatic rings. The molecular weight excluding hydrogens is 296 g/mol. The maximum Gasteiger partial charge on any atom is 0.269 e. The molecule has 0 aliphatic rings. The Morgan fingerprint density at radius 1 is 1.22 bits per heavy atom. The van der Waals surface area contributed by atoms with Gasteiger partial charge in [-0.3, -0.25) is 9.48 Å². The van der Waals surface area contributed by atoms with Gasteiger partial charge in [-0.15, -0.1) is 5.10 Å². The zero-order valence-corrected chi connectivity index (χ0v) is 12.6. The number of primary amides is 1. The maximum absolute atomic E-state index is 11.6. The quantitative estimate of drug-likeness (QED) is 0.771. The number of aromatic nitrogens is 5. The minimum Gasteiger partial charge on any atom is -0.495 e.